The zero-order chi connectivity index (χ0) is 19.9. The summed E-state index contributed by atoms with van der Waals surface area (Å²) in [5.74, 6) is 0.482. The number of ether oxygens (including phenoxy) is 1. The summed E-state index contributed by atoms with van der Waals surface area (Å²) < 4.78 is 7.20. The fourth-order valence-corrected chi connectivity index (χ4v) is 3.72. The van der Waals surface area contributed by atoms with Crippen LogP contribution in [0.1, 0.15) is 36.2 Å². The van der Waals surface area contributed by atoms with E-state index < -0.39 is 0 Å². The van der Waals surface area contributed by atoms with Gasteiger partial charge < -0.3 is 10.1 Å². The maximum atomic E-state index is 12.6. The molecule has 6 nitrogen and oxygen atoms in total. The summed E-state index contributed by atoms with van der Waals surface area (Å²) in [6.07, 6.45) is 4.43. The molecular formula is C21H29ClN4O2. The van der Waals surface area contributed by atoms with Gasteiger partial charge in [0.1, 0.15) is 0 Å². The Labute approximate surface area is 171 Å². The Morgan fingerprint density at radius 1 is 1.29 bits per heavy atom. The lowest BCUT2D eigenvalue weighted by atomic mass is 10.0. The first-order valence-electron chi connectivity index (χ1n) is 9.88. The number of benzene rings is 1. The summed E-state index contributed by atoms with van der Waals surface area (Å²) >= 11 is 6.21. The van der Waals surface area contributed by atoms with E-state index in [-0.39, 0.29) is 5.91 Å². The van der Waals surface area contributed by atoms with E-state index in [4.69, 9.17) is 16.3 Å². The second-order valence-electron chi connectivity index (χ2n) is 7.66. The Balaban J connectivity index is 1.57. The van der Waals surface area contributed by atoms with E-state index in [1.165, 1.54) is 0 Å². The van der Waals surface area contributed by atoms with Gasteiger partial charge in [-0.3, -0.25) is 14.4 Å². The number of carbonyl (C=O) groups excluding carboxylic acids is 1. The molecule has 1 aromatic carbocycles. The molecule has 1 N–H and O–H groups in total. The molecule has 0 bridgehead atoms. The highest BCUT2D eigenvalue weighted by molar-refractivity contribution is 6.31. The van der Waals surface area contributed by atoms with Gasteiger partial charge in [0.2, 0.25) is 0 Å². The molecule has 0 radical (unpaired) electrons. The highest BCUT2D eigenvalue weighted by atomic mass is 35.5. The standard InChI is InChI=1S/C21H29ClN4O2/c1-16(2)11-19(25-7-9-28-10-8-25)13-23-21(27)18-12-24-26(15-18)14-17-5-3-4-6-20(17)22/h3-6,12,15-16,19H,7-11,13-14H2,1-2H3,(H,23,27)/t19-/m1/s1. The molecule has 1 aromatic heterocycles. The van der Waals surface area contributed by atoms with Gasteiger partial charge in [0.15, 0.2) is 0 Å². The monoisotopic (exact) mass is 404 g/mol. The molecule has 1 saturated heterocycles. The maximum Gasteiger partial charge on any atom is 0.254 e. The molecule has 0 spiro atoms. The zero-order valence-corrected chi connectivity index (χ0v) is 17.4. The molecule has 1 aliphatic rings. The number of hydrogen-bond donors (Lipinski definition) is 1. The average molecular weight is 405 g/mol. The van der Waals surface area contributed by atoms with Crippen LogP contribution in [0, 0.1) is 5.92 Å². The Morgan fingerprint density at radius 3 is 2.75 bits per heavy atom. The van der Waals surface area contributed by atoms with Gasteiger partial charge >= 0.3 is 0 Å². The summed E-state index contributed by atoms with van der Waals surface area (Å²) in [5.41, 5.74) is 1.54. The number of amides is 1. The number of carbonyl (C=O) groups is 1. The van der Waals surface area contributed by atoms with E-state index in [0.717, 1.165) is 38.3 Å². The van der Waals surface area contributed by atoms with Crippen molar-refractivity contribution in [1.82, 2.24) is 20.0 Å². The topological polar surface area (TPSA) is 59.4 Å². The molecule has 2 aromatic rings. The van der Waals surface area contributed by atoms with Crippen LogP contribution in [0.25, 0.3) is 0 Å². The highest BCUT2D eigenvalue weighted by Crippen LogP contribution is 2.16. The van der Waals surface area contributed by atoms with Crippen LogP contribution in [0.15, 0.2) is 36.7 Å². The van der Waals surface area contributed by atoms with Crippen molar-refractivity contribution in [1.29, 1.82) is 0 Å². The van der Waals surface area contributed by atoms with Crippen molar-refractivity contribution < 1.29 is 9.53 Å². The molecule has 3 rings (SSSR count). The van der Waals surface area contributed by atoms with Crippen LogP contribution in [-0.4, -0.2) is 59.5 Å². The first kappa shape index (κ1) is 20.8. The molecule has 2 heterocycles. The lowest BCUT2D eigenvalue weighted by molar-refractivity contribution is 0.0124. The molecule has 7 heteroatoms. The third-order valence-electron chi connectivity index (χ3n) is 4.99. The van der Waals surface area contributed by atoms with Gasteiger partial charge in [-0.1, -0.05) is 43.6 Å². The fourth-order valence-electron chi connectivity index (χ4n) is 3.53. The maximum absolute atomic E-state index is 12.6. The smallest absolute Gasteiger partial charge is 0.254 e. The second kappa shape index (κ2) is 10.0. The van der Waals surface area contributed by atoms with Crippen molar-refractivity contribution in [2.75, 3.05) is 32.8 Å². The Hall–Kier alpha value is -1.89. The van der Waals surface area contributed by atoms with Gasteiger partial charge in [0, 0.05) is 36.9 Å². The number of nitrogens with zero attached hydrogens (tertiary/aromatic N) is 3. The van der Waals surface area contributed by atoms with Gasteiger partial charge in [0.05, 0.1) is 31.5 Å². The molecule has 152 valence electrons. The van der Waals surface area contributed by atoms with Gasteiger partial charge in [-0.2, -0.15) is 5.10 Å². The van der Waals surface area contributed by atoms with Crippen molar-refractivity contribution >= 4 is 17.5 Å². The number of rotatable bonds is 8. The van der Waals surface area contributed by atoms with Crippen molar-refractivity contribution in [3.05, 3.63) is 52.8 Å². The van der Waals surface area contributed by atoms with Crippen molar-refractivity contribution in [3.63, 3.8) is 0 Å². The van der Waals surface area contributed by atoms with Gasteiger partial charge in [-0.25, -0.2) is 0 Å². The van der Waals surface area contributed by atoms with Crippen LogP contribution < -0.4 is 5.32 Å². The normalized spacial score (nSPS) is 16.3. The second-order valence-corrected chi connectivity index (χ2v) is 8.07. The predicted molar refractivity (Wildman–Crippen MR) is 111 cm³/mol. The number of hydrogen-bond acceptors (Lipinski definition) is 4. The predicted octanol–water partition coefficient (Wildman–Crippen LogP) is 3.06. The molecule has 0 saturated carbocycles. The lowest BCUT2D eigenvalue weighted by Gasteiger charge is -2.35. The van der Waals surface area contributed by atoms with E-state index in [0.29, 0.717) is 35.6 Å². The lowest BCUT2D eigenvalue weighted by Crippen LogP contribution is -2.49. The summed E-state index contributed by atoms with van der Waals surface area (Å²) in [6.45, 7) is 8.96. The van der Waals surface area contributed by atoms with Crippen molar-refractivity contribution in [2.45, 2.75) is 32.9 Å². The van der Waals surface area contributed by atoms with Gasteiger partial charge in [0.25, 0.3) is 5.91 Å². The Kier molecular flexibility index (Phi) is 7.48. The minimum absolute atomic E-state index is 0.0903. The first-order valence-corrected chi connectivity index (χ1v) is 10.3. The SMILES string of the molecule is CC(C)C[C@H](CNC(=O)c1cnn(Cc2ccccc2Cl)c1)N1CCOCC1. The molecule has 1 fully saturated rings. The van der Waals surface area contributed by atoms with Crippen LogP contribution in [0.3, 0.4) is 0 Å². The third-order valence-corrected chi connectivity index (χ3v) is 5.36. The first-order chi connectivity index (χ1) is 13.5. The fraction of sp³-hybridized carbons (Fsp3) is 0.524. The van der Waals surface area contributed by atoms with Crippen LogP contribution in [0.4, 0.5) is 0 Å². The zero-order valence-electron chi connectivity index (χ0n) is 16.6. The molecule has 1 atom stereocenters. The number of nitrogens with one attached hydrogen (secondary N) is 1. The largest absolute Gasteiger partial charge is 0.379 e. The molecule has 0 unspecified atom stereocenters. The molecule has 1 amide bonds. The summed E-state index contributed by atoms with van der Waals surface area (Å²) in [6, 6.07) is 7.98. The molecular weight excluding hydrogens is 376 g/mol. The van der Waals surface area contributed by atoms with E-state index >= 15 is 0 Å². The van der Waals surface area contributed by atoms with Crippen LogP contribution in [0.2, 0.25) is 5.02 Å². The Bertz CT molecular complexity index is 771. The minimum atomic E-state index is -0.0903. The number of morpholine rings is 1. The average Bonchev–Trinajstić information content (AvgIpc) is 3.16. The minimum Gasteiger partial charge on any atom is -0.379 e. The number of halogens is 1. The molecule has 0 aliphatic carbocycles. The summed E-state index contributed by atoms with van der Waals surface area (Å²) in [4.78, 5) is 15.0. The van der Waals surface area contributed by atoms with Crippen molar-refractivity contribution in [3.8, 4) is 0 Å². The number of aromatic nitrogens is 2. The van der Waals surface area contributed by atoms with Gasteiger partial charge in [-0.05, 0) is 24.0 Å². The highest BCUT2D eigenvalue weighted by Gasteiger charge is 2.23. The molecule has 1 aliphatic heterocycles. The van der Waals surface area contributed by atoms with E-state index in [9.17, 15) is 4.79 Å². The van der Waals surface area contributed by atoms with Crippen LogP contribution >= 0.6 is 11.6 Å². The van der Waals surface area contributed by atoms with Crippen LogP contribution in [-0.2, 0) is 11.3 Å². The van der Waals surface area contributed by atoms with Crippen LogP contribution in [0.5, 0.6) is 0 Å². The van der Waals surface area contributed by atoms with E-state index in [1.54, 1.807) is 17.1 Å². The van der Waals surface area contributed by atoms with Crippen molar-refractivity contribution in [2.24, 2.45) is 5.92 Å². The summed E-state index contributed by atoms with van der Waals surface area (Å²) in [7, 11) is 0. The van der Waals surface area contributed by atoms with E-state index in [1.807, 2.05) is 24.3 Å². The van der Waals surface area contributed by atoms with Gasteiger partial charge in [-0.15, -0.1) is 0 Å². The third kappa shape index (κ3) is 5.80. The van der Waals surface area contributed by atoms with E-state index in [2.05, 4.69) is 29.2 Å². The Morgan fingerprint density at radius 2 is 2.04 bits per heavy atom. The summed E-state index contributed by atoms with van der Waals surface area (Å²) in [5, 5.41) is 8.10. The molecule has 28 heavy (non-hydrogen) atoms. The quantitative estimate of drug-likeness (QED) is 0.734.